The summed E-state index contributed by atoms with van der Waals surface area (Å²) in [6.45, 7) is 6.29. The predicted octanol–water partition coefficient (Wildman–Crippen LogP) is 3.24. The molecule has 108 valence electrons. The van der Waals surface area contributed by atoms with Gasteiger partial charge in [-0.1, -0.05) is 32.1 Å². The summed E-state index contributed by atoms with van der Waals surface area (Å²) in [6.07, 6.45) is 9.07. The second kappa shape index (κ2) is 8.16. The van der Waals surface area contributed by atoms with E-state index in [1.165, 1.54) is 0 Å². The molecule has 1 aliphatic rings. The van der Waals surface area contributed by atoms with Crippen LogP contribution in [0.15, 0.2) is 23.8 Å². The maximum Gasteiger partial charge on any atom is 0.306 e. The minimum Gasteiger partial charge on any atom is -0.461 e. The molecule has 1 rings (SSSR count). The Morgan fingerprint density at radius 1 is 1.26 bits per heavy atom. The summed E-state index contributed by atoms with van der Waals surface area (Å²) in [5.41, 5.74) is 0.994. The molecule has 0 aliphatic carbocycles. The Hall–Kier alpha value is -1.09. The molecule has 0 bridgehead atoms. The van der Waals surface area contributed by atoms with E-state index in [0.717, 1.165) is 24.8 Å². The molecule has 3 nitrogen and oxygen atoms in total. The molecule has 0 unspecified atom stereocenters. The highest BCUT2D eigenvalue weighted by atomic mass is 16.5. The second-order valence-electron chi connectivity index (χ2n) is 5.56. The first-order valence-corrected chi connectivity index (χ1v) is 7.18. The van der Waals surface area contributed by atoms with E-state index in [-0.39, 0.29) is 17.8 Å². The van der Waals surface area contributed by atoms with Crippen LogP contribution >= 0.6 is 0 Å². The topological polar surface area (TPSA) is 46.5 Å². The first-order valence-electron chi connectivity index (χ1n) is 7.18. The van der Waals surface area contributed by atoms with E-state index >= 15 is 0 Å². The van der Waals surface area contributed by atoms with Crippen LogP contribution in [0.1, 0.15) is 46.5 Å². The standard InChI is InChI=1S/C16H26O3/c1-12-10-14(3)16(18)13(2)8-6-4-5-7-9-15(17)19-11-12/h6,8,10,13-14,16,18H,4-5,7,9,11H2,1-3H3/b8-6+,12-10-/t13-,14+,16+/m0/s1. The second-order valence-corrected chi connectivity index (χ2v) is 5.56. The summed E-state index contributed by atoms with van der Waals surface area (Å²) in [7, 11) is 0. The van der Waals surface area contributed by atoms with Gasteiger partial charge in [-0.2, -0.15) is 0 Å². The van der Waals surface area contributed by atoms with Crippen molar-refractivity contribution in [1.82, 2.24) is 0 Å². The van der Waals surface area contributed by atoms with E-state index in [0.29, 0.717) is 13.0 Å². The normalized spacial score (nSPS) is 35.7. The quantitative estimate of drug-likeness (QED) is 0.541. The summed E-state index contributed by atoms with van der Waals surface area (Å²) < 4.78 is 5.20. The Morgan fingerprint density at radius 2 is 2.00 bits per heavy atom. The van der Waals surface area contributed by atoms with Crippen LogP contribution in [-0.4, -0.2) is 23.8 Å². The number of hydrogen-bond donors (Lipinski definition) is 1. The number of ether oxygens (including phenoxy) is 1. The molecule has 1 N–H and O–H groups in total. The molecule has 0 radical (unpaired) electrons. The van der Waals surface area contributed by atoms with Gasteiger partial charge in [0, 0.05) is 18.3 Å². The maximum atomic E-state index is 11.5. The molecule has 0 fully saturated rings. The van der Waals surface area contributed by atoms with Crippen LogP contribution in [0.3, 0.4) is 0 Å². The monoisotopic (exact) mass is 266 g/mol. The van der Waals surface area contributed by atoms with Crippen molar-refractivity contribution >= 4 is 5.97 Å². The molecule has 3 heteroatoms. The van der Waals surface area contributed by atoms with Gasteiger partial charge >= 0.3 is 5.97 Å². The van der Waals surface area contributed by atoms with Crippen LogP contribution in [-0.2, 0) is 9.53 Å². The highest BCUT2D eigenvalue weighted by Crippen LogP contribution is 2.18. The fourth-order valence-corrected chi connectivity index (χ4v) is 2.30. The van der Waals surface area contributed by atoms with Crippen molar-refractivity contribution in [3.05, 3.63) is 23.8 Å². The number of cyclic esters (lactones) is 1. The molecule has 0 saturated heterocycles. The molecule has 0 aromatic carbocycles. The minimum absolute atomic E-state index is 0.0568. The number of carbonyl (C=O) groups is 1. The first kappa shape index (κ1) is 16.0. The summed E-state index contributed by atoms with van der Waals surface area (Å²) in [5.74, 6) is 0.0705. The van der Waals surface area contributed by atoms with Gasteiger partial charge in [-0.05, 0) is 31.8 Å². The van der Waals surface area contributed by atoms with E-state index in [2.05, 4.69) is 12.2 Å². The lowest BCUT2D eigenvalue weighted by molar-refractivity contribution is -0.142. The van der Waals surface area contributed by atoms with E-state index in [4.69, 9.17) is 4.74 Å². The Balaban J connectivity index is 2.72. The largest absolute Gasteiger partial charge is 0.461 e. The van der Waals surface area contributed by atoms with Gasteiger partial charge in [0.2, 0.25) is 0 Å². The molecular weight excluding hydrogens is 240 g/mol. The van der Waals surface area contributed by atoms with Crippen LogP contribution < -0.4 is 0 Å². The van der Waals surface area contributed by atoms with Crippen molar-refractivity contribution in [2.24, 2.45) is 11.8 Å². The highest BCUT2D eigenvalue weighted by Gasteiger charge is 2.18. The zero-order chi connectivity index (χ0) is 14.3. The van der Waals surface area contributed by atoms with Crippen molar-refractivity contribution in [3.63, 3.8) is 0 Å². The molecule has 0 saturated carbocycles. The molecule has 0 spiro atoms. The molecule has 0 aromatic rings. The van der Waals surface area contributed by atoms with Gasteiger partial charge in [-0.15, -0.1) is 0 Å². The number of aliphatic hydroxyl groups is 1. The fraction of sp³-hybridized carbons (Fsp3) is 0.688. The van der Waals surface area contributed by atoms with Gasteiger partial charge in [0.1, 0.15) is 6.61 Å². The number of allylic oxidation sites excluding steroid dienone is 1. The Bertz CT molecular complexity index is 344. The SMILES string of the molecule is C/C1=C/[C@@H](C)[C@H](O)[C@@H](C)/C=C/CCCCC(=O)OC1. The van der Waals surface area contributed by atoms with Crippen LogP contribution in [0.2, 0.25) is 0 Å². The van der Waals surface area contributed by atoms with Crippen molar-refractivity contribution in [2.75, 3.05) is 6.61 Å². The summed E-state index contributed by atoms with van der Waals surface area (Å²) >= 11 is 0. The molecule has 0 aromatic heterocycles. The fourth-order valence-electron chi connectivity index (χ4n) is 2.30. The number of carbonyl (C=O) groups excluding carboxylic acids is 1. The average molecular weight is 266 g/mol. The van der Waals surface area contributed by atoms with Gasteiger partial charge in [-0.25, -0.2) is 0 Å². The Kier molecular flexibility index (Phi) is 6.85. The molecular formula is C16H26O3. The van der Waals surface area contributed by atoms with Crippen molar-refractivity contribution in [2.45, 2.75) is 52.6 Å². The Labute approximate surface area is 116 Å². The Morgan fingerprint density at radius 3 is 2.74 bits per heavy atom. The van der Waals surface area contributed by atoms with E-state index in [1.54, 1.807) is 0 Å². The number of esters is 1. The highest BCUT2D eigenvalue weighted by molar-refractivity contribution is 5.69. The third-order valence-electron chi connectivity index (χ3n) is 3.53. The zero-order valence-electron chi connectivity index (χ0n) is 12.3. The van der Waals surface area contributed by atoms with E-state index in [1.807, 2.05) is 26.8 Å². The van der Waals surface area contributed by atoms with Crippen molar-refractivity contribution < 1.29 is 14.6 Å². The molecule has 1 aliphatic heterocycles. The van der Waals surface area contributed by atoms with Gasteiger partial charge in [0.05, 0.1) is 6.10 Å². The first-order chi connectivity index (χ1) is 9.00. The molecule has 1 heterocycles. The van der Waals surface area contributed by atoms with Crippen LogP contribution in [0.4, 0.5) is 0 Å². The minimum atomic E-state index is -0.398. The number of rotatable bonds is 0. The third kappa shape index (κ3) is 6.06. The third-order valence-corrected chi connectivity index (χ3v) is 3.53. The number of aliphatic hydroxyl groups excluding tert-OH is 1. The van der Waals surface area contributed by atoms with E-state index in [9.17, 15) is 9.90 Å². The van der Waals surface area contributed by atoms with Gasteiger partial charge in [0.15, 0.2) is 0 Å². The molecule has 19 heavy (non-hydrogen) atoms. The smallest absolute Gasteiger partial charge is 0.306 e. The van der Waals surface area contributed by atoms with Crippen LogP contribution in [0.25, 0.3) is 0 Å². The number of hydrogen-bond acceptors (Lipinski definition) is 3. The summed E-state index contributed by atoms with van der Waals surface area (Å²) in [6, 6.07) is 0. The van der Waals surface area contributed by atoms with Gasteiger partial charge < -0.3 is 9.84 Å². The van der Waals surface area contributed by atoms with Crippen LogP contribution in [0.5, 0.6) is 0 Å². The average Bonchev–Trinajstić information content (AvgIpc) is 2.38. The lowest BCUT2D eigenvalue weighted by Gasteiger charge is -2.21. The maximum absolute atomic E-state index is 11.5. The molecule has 0 amide bonds. The lowest BCUT2D eigenvalue weighted by Crippen LogP contribution is -2.23. The van der Waals surface area contributed by atoms with Crippen molar-refractivity contribution in [1.29, 1.82) is 0 Å². The van der Waals surface area contributed by atoms with Crippen LogP contribution in [0, 0.1) is 11.8 Å². The van der Waals surface area contributed by atoms with E-state index < -0.39 is 6.10 Å². The predicted molar refractivity (Wildman–Crippen MR) is 76.7 cm³/mol. The summed E-state index contributed by atoms with van der Waals surface area (Å²) in [4.78, 5) is 11.5. The molecule has 3 atom stereocenters. The van der Waals surface area contributed by atoms with Gasteiger partial charge in [0.25, 0.3) is 0 Å². The summed E-state index contributed by atoms with van der Waals surface area (Å²) in [5, 5.41) is 10.2. The van der Waals surface area contributed by atoms with Gasteiger partial charge in [-0.3, -0.25) is 4.79 Å². The lowest BCUT2D eigenvalue weighted by atomic mass is 9.91. The van der Waals surface area contributed by atoms with Crippen molar-refractivity contribution in [3.8, 4) is 0 Å². The zero-order valence-corrected chi connectivity index (χ0v) is 12.3.